The summed E-state index contributed by atoms with van der Waals surface area (Å²) in [5.41, 5.74) is 3.01. The molecule has 2 N–H and O–H groups in total. The average molecular weight is 425 g/mol. The van der Waals surface area contributed by atoms with Crippen LogP contribution >= 0.6 is 0 Å². The van der Waals surface area contributed by atoms with Crippen molar-refractivity contribution in [2.75, 3.05) is 33.3 Å². The molecule has 0 saturated carbocycles. The molecule has 0 saturated heterocycles. The van der Waals surface area contributed by atoms with Gasteiger partial charge in [0.15, 0.2) is 5.96 Å². The van der Waals surface area contributed by atoms with E-state index in [-0.39, 0.29) is 12.0 Å². The van der Waals surface area contributed by atoms with Crippen LogP contribution < -0.4 is 10.6 Å². The maximum Gasteiger partial charge on any atom is 0.253 e. The molecule has 1 unspecified atom stereocenters. The van der Waals surface area contributed by atoms with Gasteiger partial charge in [0.2, 0.25) is 0 Å². The zero-order chi connectivity index (χ0) is 22.5. The molecule has 0 fully saturated rings. The van der Waals surface area contributed by atoms with E-state index in [1.165, 1.54) is 5.56 Å². The lowest BCUT2D eigenvalue weighted by Gasteiger charge is -2.18. The third kappa shape index (κ3) is 8.06. The van der Waals surface area contributed by atoms with Crippen LogP contribution in [0.2, 0.25) is 0 Å². The molecule has 2 aromatic rings. The van der Waals surface area contributed by atoms with Gasteiger partial charge in [0.1, 0.15) is 0 Å². The monoisotopic (exact) mass is 424 g/mol. The summed E-state index contributed by atoms with van der Waals surface area (Å²) >= 11 is 0. The number of benzene rings is 2. The van der Waals surface area contributed by atoms with E-state index in [4.69, 9.17) is 4.74 Å². The zero-order valence-corrected chi connectivity index (χ0v) is 19.2. The Hall–Kier alpha value is -2.86. The SMILES string of the molecule is CCN(CC)C(=O)c1ccc(CNC(=NC)NCCCOC(C)c2ccccc2)cc1. The van der Waals surface area contributed by atoms with Gasteiger partial charge in [0, 0.05) is 45.4 Å². The highest BCUT2D eigenvalue weighted by Crippen LogP contribution is 2.15. The highest BCUT2D eigenvalue weighted by atomic mass is 16.5. The molecule has 31 heavy (non-hydrogen) atoms. The van der Waals surface area contributed by atoms with Crippen LogP contribution in [0.1, 0.15) is 54.8 Å². The summed E-state index contributed by atoms with van der Waals surface area (Å²) in [7, 11) is 1.76. The summed E-state index contributed by atoms with van der Waals surface area (Å²) in [6, 6.07) is 18.0. The van der Waals surface area contributed by atoms with Crippen molar-refractivity contribution in [2.45, 2.75) is 39.8 Å². The van der Waals surface area contributed by atoms with Gasteiger partial charge in [0.25, 0.3) is 5.91 Å². The third-order valence-corrected chi connectivity index (χ3v) is 5.19. The molecule has 2 aromatic carbocycles. The predicted octanol–water partition coefficient (Wildman–Crippen LogP) is 4.00. The molecule has 1 amide bonds. The minimum absolute atomic E-state index is 0.0748. The Morgan fingerprint density at radius 2 is 1.71 bits per heavy atom. The molecule has 0 aromatic heterocycles. The van der Waals surface area contributed by atoms with E-state index in [2.05, 4.69) is 34.7 Å². The van der Waals surface area contributed by atoms with Gasteiger partial charge in [-0.25, -0.2) is 0 Å². The maximum atomic E-state index is 12.4. The molecule has 0 aliphatic carbocycles. The number of rotatable bonds is 11. The second-order valence-electron chi connectivity index (χ2n) is 7.30. The Morgan fingerprint density at radius 3 is 2.32 bits per heavy atom. The number of nitrogens with zero attached hydrogens (tertiary/aromatic N) is 2. The minimum atomic E-state index is 0.0748. The van der Waals surface area contributed by atoms with Crippen LogP contribution in [0.25, 0.3) is 0 Å². The first-order chi connectivity index (χ1) is 15.1. The Bertz CT molecular complexity index is 802. The van der Waals surface area contributed by atoms with E-state index < -0.39 is 0 Å². The van der Waals surface area contributed by atoms with Crippen molar-refractivity contribution in [1.29, 1.82) is 0 Å². The van der Waals surface area contributed by atoms with Crippen LogP contribution in [0.5, 0.6) is 0 Å². The van der Waals surface area contributed by atoms with Crippen LogP contribution in [0.3, 0.4) is 0 Å². The van der Waals surface area contributed by atoms with Gasteiger partial charge in [-0.05, 0) is 50.5 Å². The lowest BCUT2D eigenvalue weighted by atomic mass is 10.1. The van der Waals surface area contributed by atoms with Crippen LogP contribution in [-0.2, 0) is 11.3 Å². The van der Waals surface area contributed by atoms with E-state index in [1.54, 1.807) is 7.05 Å². The normalized spacial score (nSPS) is 12.3. The Morgan fingerprint density at radius 1 is 1.03 bits per heavy atom. The van der Waals surface area contributed by atoms with Crippen molar-refractivity contribution in [1.82, 2.24) is 15.5 Å². The molecule has 0 bridgehead atoms. The van der Waals surface area contributed by atoms with Gasteiger partial charge in [-0.2, -0.15) is 0 Å². The van der Waals surface area contributed by atoms with Crippen molar-refractivity contribution in [3.63, 3.8) is 0 Å². The van der Waals surface area contributed by atoms with E-state index in [0.29, 0.717) is 13.2 Å². The summed E-state index contributed by atoms with van der Waals surface area (Å²) in [4.78, 5) is 18.5. The van der Waals surface area contributed by atoms with Gasteiger partial charge in [-0.3, -0.25) is 9.79 Å². The second kappa shape index (κ2) is 13.4. The van der Waals surface area contributed by atoms with Gasteiger partial charge >= 0.3 is 0 Å². The number of nitrogens with one attached hydrogen (secondary N) is 2. The summed E-state index contributed by atoms with van der Waals surface area (Å²) in [6.45, 7) is 9.60. The fraction of sp³-hybridized carbons (Fsp3) is 0.440. The first kappa shape index (κ1) is 24.4. The Kier molecular flexibility index (Phi) is 10.6. The number of hydrogen-bond acceptors (Lipinski definition) is 3. The lowest BCUT2D eigenvalue weighted by Crippen LogP contribution is -2.37. The average Bonchev–Trinajstić information content (AvgIpc) is 2.82. The first-order valence-electron chi connectivity index (χ1n) is 11.1. The fourth-order valence-corrected chi connectivity index (χ4v) is 3.22. The highest BCUT2D eigenvalue weighted by molar-refractivity contribution is 5.94. The predicted molar refractivity (Wildman–Crippen MR) is 127 cm³/mol. The first-order valence-corrected chi connectivity index (χ1v) is 11.1. The van der Waals surface area contributed by atoms with E-state index in [9.17, 15) is 4.79 Å². The van der Waals surface area contributed by atoms with Gasteiger partial charge in [0.05, 0.1) is 6.10 Å². The standard InChI is InChI=1S/C25H36N4O2/c1-5-29(6-2)24(30)23-15-13-21(14-16-23)19-28-25(26-4)27-17-10-18-31-20(3)22-11-8-7-9-12-22/h7-9,11-16,20H,5-6,10,17-19H2,1-4H3,(H2,26,27,28). The molecule has 0 aliphatic heterocycles. The molecule has 1 atom stereocenters. The van der Waals surface area contributed by atoms with Crippen molar-refractivity contribution in [3.05, 3.63) is 71.3 Å². The Labute approximate surface area is 186 Å². The van der Waals surface area contributed by atoms with Crippen LogP contribution in [0, 0.1) is 0 Å². The summed E-state index contributed by atoms with van der Waals surface area (Å²) < 4.78 is 5.90. The second-order valence-corrected chi connectivity index (χ2v) is 7.30. The number of carbonyl (C=O) groups excluding carboxylic acids is 1. The molecule has 6 nitrogen and oxygen atoms in total. The molecular weight excluding hydrogens is 388 g/mol. The lowest BCUT2D eigenvalue weighted by molar-refractivity contribution is 0.0646. The smallest absolute Gasteiger partial charge is 0.253 e. The van der Waals surface area contributed by atoms with E-state index >= 15 is 0 Å². The number of amides is 1. The minimum Gasteiger partial charge on any atom is -0.374 e. The number of ether oxygens (including phenoxy) is 1. The quantitative estimate of drug-likeness (QED) is 0.325. The summed E-state index contributed by atoms with van der Waals surface area (Å²) in [6.07, 6.45) is 0.982. The number of guanidine groups is 1. The molecular formula is C25H36N4O2. The van der Waals surface area contributed by atoms with Crippen LogP contribution in [-0.4, -0.2) is 50.1 Å². The molecule has 168 valence electrons. The van der Waals surface area contributed by atoms with Gasteiger partial charge < -0.3 is 20.3 Å². The third-order valence-electron chi connectivity index (χ3n) is 5.19. The molecule has 0 spiro atoms. The van der Waals surface area contributed by atoms with E-state index in [1.807, 2.05) is 61.2 Å². The zero-order valence-electron chi connectivity index (χ0n) is 19.2. The topological polar surface area (TPSA) is 66.0 Å². The highest BCUT2D eigenvalue weighted by Gasteiger charge is 2.12. The molecule has 6 heteroatoms. The molecule has 2 rings (SSSR count). The van der Waals surface area contributed by atoms with Gasteiger partial charge in [-0.15, -0.1) is 0 Å². The summed E-state index contributed by atoms with van der Waals surface area (Å²) in [5.74, 6) is 0.824. The molecule has 0 aliphatic rings. The fourth-order valence-electron chi connectivity index (χ4n) is 3.22. The van der Waals surface area contributed by atoms with E-state index in [0.717, 1.165) is 43.1 Å². The Balaban J connectivity index is 1.69. The maximum absolute atomic E-state index is 12.4. The molecule has 0 heterocycles. The van der Waals surface area contributed by atoms with Crippen LogP contribution in [0.15, 0.2) is 59.6 Å². The number of hydrogen-bond donors (Lipinski definition) is 2. The van der Waals surface area contributed by atoms with Crippen LogP contribution in [0.4, 0.5) is 0 Å². The largest absolute Gasteiger partial charge is 0.374 e. The van der Waals surface area contributed by atoms with Crippen molar-refractivity contribution in [2.24, 2.45) is 4.99 Å². The summed E-state index contributed by atoms with van der Waals surface area (Å²) in [5, 5.41) is 6.62. The van der Waals surface area contributed by atoms with Crippen molar-refractivity contribution in [3.8, 4) is 0 Å². The number of aliphatic imine (C=N–C) groups is 1. The number of carbonyl (C=O) groups is 1. The van der Waals surface area contributed by atoms with Gasteiger partial charge in [-0.1, -0.05) is 42.5 Å². The van der Waals surface area contributed by atoms with Crippen molar-refractivity contribution < 1.29 is 9.53 Å². The molecule has 0 radical (unpaired) electrons. The van der Waals surface area contributed by atoms with Crippen molar-refractivity contribution >= 4 is 11.9 Å².